The predicted molar refractivity (Wildman–Crippen MR) is 137 cm³/mol. The fraction of sp³-hybridized carbons (Fsp3) is 0.462. The van der Waals surface area contributed by atoms with Crippen LogP contribution in [0.4, 0.5) is 10.6 Å². The second-order valence-corrected chi connectivity index (χ2v) is 12.3. The molecule has 1 aliphatic rings. The molecule has 8 nitrogen and oxygen atoms in total. The molecule has 0 saturated carbocycles. The summed E-state index contributed by atoms with van der Waals surface area (Å²) in [5.74, 6) is 0.723. The SMILES string of the molecule is Cc1ccc(S(=O)(=O)n2cc(C)c3c(N4C[C@H](C)N(C(=O)OC(C)(C)C)CC4C)nccc32)cc1. The largest absolute Gasteiger partial charge is 0.444 e. The van der Waals surface area contributed by atoms with E-state index in [1.54, 1.807) is 47.6 Å². The Kier molecular flexibility index (Phi) is 6.34. The first kappa shape index (κ1) is 25.0. The first-order valence-electron chi connectivity index (χ1n) is 11.8. The molecule has 3 aromatic rings. The minimum absolute atomic E-state index is 0.0340. The summed E-state index contributed by atoms with van der Waals surface area (Å²) < 4.78 is 33.9. The molecule has 0 bridgehead atoms. The Morgan fingerprint density at radius 1 is 1.03 bits per heavy atom. The van der Waals surface area contributed by atoms with Crippen molar-refractivity contribution < 1.29 is 17.9 Å². The van der Waals surface area contributed by atoms with E-state index in [9.17, 15) is 13.2 Å². The Bertz CT molecular complexity index is 1360. The third-order valence-electron chi connectivity index (χ3n) is 6.32. The number of rotatable bonds is 3. The van der Waals surface area contributed by atoms with Gasteiger partial charge in [-0.15, -0.1) is 0 Å². The van der Waals surface area contributed by atoms with Gasteiger partial charge in [-0.1, -0.05) is 17.7 Å². The summed E-state index contributed by atoms with van der Waals surface area (Å²) in [5.41, 5.74) is 1.85. The van der Waals surface area contributed by atoms with Gasteiger partial charge < -0.3 is 14.5 Å². The minimum Gasteiger partial charge on any atom is -0.444 e. The molecule has 0 spiro atoms. The van der Waals surface area contributed by atoms with Crippen molar-refractivity contribution in [2.45, 2.75) is 71.0 Å². The summed E-state index contributed by atoms with van der Waals surface area (Å²) in [4.78, 5) is 21.6. The molecule has 188 valence electrons. The van der Waals surface area contributed by atoms with Crippen molar-refractivity contribution in [1.82, 2.24) is 13.9 Å². The van der Waals surface area contributed by atoms with Crippen LogP contribution in [-0.2, 0) is 14.8 Å². The van der Waals surface area contributed by atoms with Crippen molar-refractivity contribution in [2.24, 2.45) is 0 Å². The van der Waals surface area contributed by atoms with Crippen molar-refractivity contribution >= 4 is 32.8 Å². The number of piperazine rings is 1. The number of amides is 1. The molecule has 1 aliphatic heterocycles. The van der Waals surface area contributed by atoms with Gasteiger partial charge in [0.05, 0.1) is 10.4 Å². The number of aryl methyl sites for hydroxylation is 2. The van der Waals surface area contributed by atoms with Crippen LogP contribution in [0.25, 0.3) is 10.9 Å². The number of hydrogen-bond donors (Lipinski definition) is 0. The molecule has 0 N–H and O–H groups in total. The second kappa shape index (κ2) is 8.86. The molecule has 0 aliphatic carbocycles. The van der Waals surface area contributed by atoms with E-state index >= 15 is 0 Å². The maximum atomic E-state index is 13.5. The summed E-state index contributed by atoms with van der Waals surface area (Å²) >= 11 is 0. The van der Waals surface area contributed by atoms with Gasteiger partial charge in [-0.05, 0) is 72.2 Å². The Balaban J connectivity index is 1.71. The zero-order chi connectivity index (χ0) is 25.7. The van der Waals surface area contributed by atoms with Crippen LogP contribution in [0, 0.1) is 13.8 Å². The Hall–Kier alpha value is -3.07. The van der Waals surface area contributed by atoms with E-state index in [1.807, 2.05) is 48.5 Å². The predicted octanol–water partition coefficient (Wildman–Crippen LogP) is 4.72. The third kappa shape index (κ3) is 4.74. The Labute approximate surface area is 207 Å². The first-order chi connectivity index (χ1) is 16.3. The molecule has 1 saturated heterocycles. The van der Waals surface area contributed by atoms with Crippen LogP contribution in [0.2, 0.25) is 0 Å². The summed E-state index contributed by atoms with van der Waals surface area (Å²) in [7, 11) is -3.77. The fourth-order valence-electron chi connectivity index (χ4n) is 4.55. The highest BCUT2D eigenvalue weighted by atomic mass is 32.2. The number of pyridine rings is 1. The monoisotopic (exact) mass is 498 g/mol. The average molecular weight is 499 g/mol. The molecular weight excluding hydrogens is 464 g/mol. The van der Waals surface area contributed by atoms with Gasteiger partial charge in [-0.3, -0.25) is 0 Å². The maximum Gasteiger partial charge on any atom is 0.410 e. The molecule has 2 atom stereocenters. The fourth-order valence-corrected chi connectivity index (χ4v) is 5.97. The van der Waals surface area contributed by atoms with Crippen LogP contribution >= 0.6 is 0 Å². The number of benzene rings is 1. The molecule has 2 aromatic heterocycles. The lowest BCUT2D eigenvalue weighted by atomic mass is 10.1. The van der Waals surface area contributed by atoms with Crippen molar-refractivity contribution in [3.8, 4) is 0 Å². The van der Waals surface area contributed by atoms with E-state index in [0.717, 1.165) is 22.3 Å². The molecule has 1 aromatic carbocycles. The number of anilines is 1. The van der Waals surface area contributed by atoms with Crippen LogP contribution in [0.3, 0.4) is 0 Å². The van der Waals surface area contributed by atoms with Gasteiger partial charge in [0.2, 0.25) is 0 Å². The number of ether oxygens (including phenoxy) is 1. The average Bonchev–Trinajstić information content (AvgIpc) is 3.12. The van der Waals surface area contributed by atoms with Gasteiger partial charge in [0.25, 0.3) is 10.0 Å². The lowest BCUT2D eigenvalue weighted by Crippen LogP contribution is -2.59. The number of nitrogens with zero attached hydrogens (tertiary/aromatic N) is 4. The maximum absolute atomic E-state index is 13.5. The molecule has 35 heavy (non-hydrogen) atoms. The van der Waals surface area contributed by atoms with Gasteiger partial charge in [0, 0.05) is 43.0 Å². The molecule has 9 heteroatoms. The Morgan fingerprint density at radius 2 is 1.69 bits per heavy atom. The smallest absolute Gasteiger partial charge is 0.410 e. The Morgan fingerprint density at radius 3 is 2.31 bits per heavy atom. The van der Waals surface area contributed by atoms with Gasteiger partial charge in [-0.25, -0.2) is 22.2 Å². The van der Waals surface area contributed by atoms with Crippen LogP contribution in [0.5, 0.6) is 0 Å². The van der Waals surface area contributed by atoms with Gasteiger partial charge in [0.15, 0.2) is 0 Å². The first-order valence-corrected chi connectivity index (χ1v) is 13.3. The standard InChI is InChI=1S/C26H34N4O4S/c1-17-8-10-21(11-9-17)35(32,33)30-14-18(2)23-22(30)12-13-27-24(23)28-15-20(4)29(16-19(28)3)25(31)34-26(5,6)7/h8-14,19-20H,15-16H2,1-7H3/t19?,20-/m0/s1. The lowest BCUT2D eigenvalue weighted by molar-refractivity contribution is 0.0130. The van der Waals surface area contributed by atoms with Crippen molar-refractivity contribution in [3.05, 3.63) is 53.9 Å². The number of aromatic nitrogens is 2. The number of carbonyl (C=O) groups is 1. The summed E-state index contributed by atoms with van der Waals surface area (Å²) in [6, 6.07) is 8.46. The van der Waals surface area contributed by atoms with E-state index in [-0.39, 0.29) is 23.1 Å². The van der Waals surface area contributed by atoms with Crippen molar-refractivity contribution in [1.29, 1.82) is 0 Å². The van der Waals surface area contributed by atoms with Crippen LogP contribution in [0.1, 0.15) is 45.7 Å². The molecule has 0 radical (unpaired) electrons. The molecule has 1 unspecified atom stereocenters. The van der Waals surface area contributed by atoms with Crippen LogP contribution < -0.4 is 4.90 Å². The van der Waals surface area contributed by atoms with E-state index in [0.29, 0.717) is 18.6 Å². The molecule has 4 rings (SSSR count). The number of carbonyl (C=O) groups excluding carboxylic acids is 1. The zero-order valence-corrected chi connectivity index (χ0v) is 22.3. The van der Waals surface area contributed by atoms with E-state index < -0.39 is 15.6 Å². The topological polar surface area (TPSA) is 84.7 Å². The lowest BCUT2D eigenvalue weighted by Gasteiger charge is -2.44. The molecule has 3 heterocycles. The van der Waals surface area contributed by atoms with Crippen LogP contribution in [0.15, 0.2) is 47.6 Å². The summed E-state index contributed by atoms with van der Waals surface area (Å²) in [6.45, 7) is 14.5. The highest BCUT2D eigenvalue weighted by Crippen LogP contribution is 2.34. The molecule has 1 fully saturated rings. The highest BCUT2D eigenvalue weighted by Gasteiger charge is 2.36. The quantitative estimate of drug-likeness (QED) is 0.519. The number of fused-ring (bicyclic) bond motifs is 1. The molecule has 1 amide bonds. The normalized spacial score (nSPS) is 19.3. The minimum atomic E-state index is -3.77. The van der Waals surface area contributed by atoms with Crippen molar-refractivity contribution in [2.75, 3.05) is 18.0 Å². The summed E-state index contributed by atoms with van der Waals surface area (Å²) in [5, 5.41) is 0.799. The highest BCUT2D eigenvalue weighted by molar-refractivity contribution is 7.90. The van der Waals surface area contributed by atoms with Gasteiger partial charge in [0.1, 0.15) is 11.4 Å². The van der Waals surface area contributed by atoms with E-state index in [1.165, 1.54) is 3.97 Å². The molecular formula is C26H34N4O4S. The third-order valence-corrected chi connectivity index (χ3v) is 8.00. The van der Waals surface area contributed by atoms with E-state index in [4.69, 9.17) is 4.74 Å². The second-order valence-electron chi connectivity index (χ2n) is 10.4. The zero-order valence-electron chi connectivity index (χ0n) is 21.4. The van der Waals surface area contributed by atoms with Gasteiger partial charge >= 0.3 is 6.09 Å². The van der Waals surface area contributed by atoms with Gasteiger partial charge in [-0.2, -0.15) is 0 Å². The number of hydrogen-bond acceptors (Lipinski definition) is 6. The summed E-state index contributed by atoms with van der Waals surface area (Å²) in [6.07, 6.45) is 2.99. The van der Waals surface area contributed by atoms with Crippen molar-refractivity contribution in [3.63, 3.8) is 0 Å². The van der Waals surface area contributed by atoms with E-state index in [2.05, 4.69) is 9.88 Å². The van der Waals surface area contributed by atoms with Crippen LogP contribution in [-0.4, -0.2) is 59.1 Å².